The van der Waals surface area contributed by atoms with Crippen molar-refractivity contribution in [2.75, 3.05) is 13.2 Å². The van der Waals surface area contributed by atoms with Crippen molar-refractivity contribution in [2.24, 2.45) is 0 Å². The lowest BCUT2D eigenvalue weighted by atomic mass is 10.0. The smallest absolute Gasteiger partial charge is 0.306 e. The first kappa shape index (κ1) is 58.9. The number of rotatable bonds is 49. The quantitative estimate of drug-likeness (QED) is 0.0262. The van der Waals surface area contributed by atoms with Gasteiger partial charge in [-0.2, -0.15) is 0 Å². The second kappa shape index (κ2) is 50.5. The molecule has 0 aliphatic carbocycles. The third-order valence-corrected chi connectivity index (χ3v) is 11.9. The van der Waals surface area contributed by atoms with Gasteiger partial charge in [0, 0.05) is 19.3 Å². The number of carbonyl (C=O) groups is 3. The summed E-state index contributed by atoms with van der Waals surface area (Å²) >= 11 is 0. The summed E-state index contributed by atoms with van der Waals surface area (Å²) in [5, 5.41) is 0. The van der Waals surface area contributed by atoms with Gasteiger partial charge in [-0.15, -0.1) is 0 Å². The largest absolute Gasteiger partial charge is 0.462 e. The standard InChI is InChI=1S/C55H102O6/c1-4-7-10-13-16-19-22-25-27-30-33-36-39-42-45-48-54(57)60-51-52(50-59-53(56)47-44-41-38-35-32-29-24-21-18-15-12-9-6-3)61-55(58)49-46-43-40-37-34-31-28-26-23-20-17-14-11-8-5-2/h20,23,25,27,52H,4-19,21-22,24,26,28-51H2,1-3H3. The fraction of sp³-hybridized carbons (Fsp3) is 0.873. The maximum absolute atomic E-state index is 12.8. The van der Waals surface area contributed by atoms with Gasteiger partial charge in [-0.1, -0.05) is 225 Å². The maximum atomic E-state index is 12.8. The summed E-state index contributed by atoms with van der Waals surface area (Å²) in [5.41, 5.74) is 0. The third-order valence-electron chi connectivity index (χ3n) is 11.9. The number of esters is 3. The number of hydrogen-bond acceptors (Lipinski definition) is 6. The second-order valence-electron chi connectivity index (χ2n) is 18.1. The summed E-state index contributed by atoms with van der Waals surface area (Å²) in [7, 11) is 0. The Labute approximate surface area is 379 Å². The number of allylic oxidation sites excluding steroid dienone is 4. The molecule has 0 fully saturated rings. The van der Waals surface area contributed by atoms with Gasteiger partial charge in [0.05, 0.1) is 0 Å². The molecule has 1 unspecified atom stereocenters. The van der Waals surface area contributed by atoms with E-state index >= 15 is 0 Å². The van der Waals surface area contributed by atoms with Crippen molar-refractivity contribution in [3.63, 3.8) is 0 Å². The van der Waals surface area contributed by atoms with Gasteiger partial charge in [0.15, 0.2) is 6.10 Å². The van der Waals surface area contributed by atoms with Crippen LogP contribution in [0.15, 0.2) is 24.3 Å². The summed E-state index contributed by atoms with van der Waals surface area (Å²) in [6.07, 6.45) is 57.3. The van der Waals surface area contributed by atoms with Crippen molar-refractivity contribution in [1.29, 1.82) is 0 Å². The van der Waals surface area contributed by atoms with E-state index in [2.05, 4.69) is 45.1 Å². The minimum atomic E-state index is -0.772. The van der Waals surface area contributed by atoms with E-state index in [0.717, 1.165) is 64.2 Å². The van der Waals surface area contributed by atoms with E-state index in [-0.39, 0.29) is 31.1 Å². The highest BCUT2D eigenvalue weighted by molar-refractivity contribution is 5.71. The van der Waals surface area contributed by atoms with E-state index in [4.69, 9.17) is 14.2 Å². The lowest BCUT2D eigenvalue weighted by Gasteiger charge is -2.18. The monoisotopic (exact) mass is 859 g/mol. The molecule has 0 bridgehead atoms. The molecule has 0 aromatic heterocycles. The van der Waals surface area contributed by atoms with Crippen LogP contribution in [-0.2, 0) is 28.6 Å². The Morgan fingerprint density at radius 2 is 0.541 bits per heavy atom. The minimum absolute atomic E-state index is 0.0717. The van der Waals surface area contributed by atoms with E-state index in [0.29, 0.717) is 19.3 Å². The van der Waals surface area contributed by atoms with E-state index < -0.39 is 6.10 Å². The molecule has 6 heteroatoms. The molecule has 358 valence electrons. The molecule has 0 aliphatic heterocycles. The van der Waals surface area contributed by atoms with Crippen LogP contribution >= 0.6 is 0 Å². The minimum Gasteiger partial charge on any atom is -0.462 e. The van der Waals surface area contributed by atoms with Crippen LogP contribution in [0.3, 0.4) is 0 Å². The lowest BCUT2D eigenvalue weighted by molar-refractivity contribution is -0.167. The molecule has 0 heterocycles. The highest BCUT2D eigenvalue weighted by Gasteiger charge is 2.19. The van der Waals surface area contributed by atoms with Gasteiger partial charge in [0.1, 0.15) is 13.2 Å². The molecule has 0 radical (unpaired) electrons. The zero-order chi connectivity index (χ0) is 44.4. The normalized spacial score (nSPS) is 12.1. The van der Waals surface area contributed by atoms with E-state index in [1.54, 1.807) is 0 Å². The first-order valence-corrected chi connectivity index (χ1v) is 26.8. The predicted octanol–water partition coefficient (Wildman–Crippen LogP) is 17.5. The number of hydrogen-bond donors (Lipinski definition) is 0. The molecule has 0 N–H and O–H groups in total. The summed E-state index contributed by atoms with van der Waals surface area (Å²) < 4.78 is 16.8. The van der Waals surface area contributed by atoms with Crippen LogP contribution in [0.4, 0.5) is 0 Å². The average Bonchev–Trinajstić information content (AvgIpc) is 3.26. The SMILES string of the molecule is CCCCCCC=CCCCCCCCCCC(=O)OC(COC(=O)CCCCCCCC=CCCCCCCCC)COC(=O)CCCCCCCCCCCCCCC. The van der Waals surface area contributed by atoms with Gasteiger partial charge in [-0.3, -0.25) is 14.4 Å². The summed E-state index contributed by atoms with van der Waals surface area (Å²) in [6.45, 7) is 6.64. The van der Waals surface area contributed by atoms with Crippen molar-refractivity contribution < 1.29 is 28.6 Å². The molecule has 0 aromatic carbocycles. The molecular formula is C55H102O6. The Morgan fingerprint density at radius 3 is 0.836 bits per heavy atom. The van der Waals surface area contributed by atoms with Crippen LogP contribution in [-0.4, -0.2) is 37.2 Å². The second-order valence-corrected chi connectivity index (χ2v) is 18.1. The average molecular weight is 859 g/mol. The van der Waals surface area contributed by atoms with Gasteiger partial charge in [-0.05, 0) is 70.6 Å². The van der Waals surface area contributed by atoms with Gasteiger partial charge < -0.3 is 14.2 Å². The number of unbranched alkanes of at least 4 members (excludes halogenated alkanes) is 34. The third kappa shape index (κ3) is 48.8. The molecule has 0 saturated carbocycles. The maximum Gasteiger partial charge on any atom is 0.306 e. The number of ether oxygens (including phenoxy) is 3. The molecule has 0 saturated heterocycles. The Hall–Kier alpha value is -2.11. The van der Waals surface area contributed by atoms with Gasteiger partial charge in [0.2, 0.25) is 0 Å². The Kier molecular flexibility index (Phi) is 48.8. The highest BCUT2D eigenvalue weighted by Crippen LogP contribution is 2.16. The van der Waals surface area contributed by atoms with Crippen LogP contribution in [0.1, 0.15) is 290 Å². The van der Waals surface area contributed by atoms with Gasteiger partial charge in [0.25, 0.3) is 0 Å². The van der Waals surface area contributed by atoms with Crippen molar-refractivity contribution in [2.45, 2.75) is 297 Å². The summed E-state index contributed by atoms with van der Waals surface area (Å²) in [6, 6.07) is 0. The highest BCUT2D eigenvalue weighted by atomic mass is 16.6. The van der Waals surface area contributed by atoms with Crippen LogP contribution < -0.4 is 0 Å². The fourth-order valence-electron chi connectivity index (χ4n) is 7.84. The van der Waals surface area contributed by atoms with Gasteiger partial charge >= 0.3 is 17.9 Å². The zero-order valence-corrected chi connectivity index (χ0v) is 40.9. The molecule has 1 atom stereocenters. The fourth-order valence-corrected chi connectivity index (χ4v) is 7.84. The van der Waals surface area contributed by atoms with Crippen LogP contribution in [0.5, 0.6) is 0 Å². The first-order chi connectivity index (χ1) is 30.0. The Bertz CT molecular complexity index is 989. The van der Waals surface area contributed by atoms with Crippen LogP contribution in [0, 0.1) is 0 Å². The van der Waals surface area contributed by atoms with Crippen molar-refractivity contribution in [3.8, 4) is 0 Å². The lowest BCUT2D eigenvalue weighted by Crippen LogP contribution is -2.30. The van der Waals surface area contributed by atoms with Crippen LogP contribution in [0.2, 0.25) is 0 Å². The van der Waals surface area contributed by atoms with E-state index in [1.807, 2.05) is 0 Å². The molecular weight excluding hydrogens is 757 g/mol. The molecule has 0 amide bonds. The van der Waals surface area contributed by atoms with Crippen molar-refractivity contribution in [3.05, 3.63) is 24.3 Å². The van der Waals surface area contributed by atoms with E-state index in [1.165, 1.54) is 186 Å². The summed E-state index contributed by atoms with van der Waals surface area (Å²) in [4.78, 5) is 38.0. The summed E-state index contributed by atoms with van der Waals surface area (Å²) in [5.74, 6) is -0.870. The molecule has 61 heavy (non-hydrogen) atoms. The molecule has 0 aromatic rings. The Balaban J connectivity index is 4.36. The Morgan fingerprint density at radius 1 is 0.311 bits per heavy atom. The first-order valence-electron chi connectivity index (χ1n) is 26.8. The van der Waals surface area contributed by atoms with Crippen molar-refractivity contribution >= 4 is 17.9 Å². The topological polar surface area (TPSA) is 78.9 Å². The zero-order valence-electron chi connectivity index (χ0n) is 40.9. The van der Waals surface area contributed by atoms with Crippen LogP contribution in [0.25, 0.3) is 0 Å². The van der Waals surface area contributed by atoms with Crippen molar-refractivity contribution in [1.82, 2.24) is 0 Å². The molecule has 0 rings (SSSR count). The van der Waals surface area contributed by atoms with E-state index in [9.17, 15) is 14.4 Å². The molecule has 0 spiro atoms. The number of carbonyl (C=O) groups excluding carboxylic acids is 3. The molecule has 0 aliphatic rings. The van der Waals surface area contributed by atoms with Gasteiger partial charge in [-0.25, -0.2) is 0 Å². The molecule has 6 nitrogen and oxygen atoms in total. The predicted molar refractivity (Wildman–Crippen MR) is 261 cm³/mol.